The van der Waals surface area contributed by atoms with E-state index in [0.717, 1.165) is 12.6 Å². The lowest BCUT2D eigenvalue weighted by atomic mass is 10.1. The molecule has 12 heavy (non-hydrogen) atoms. The molecule has 0 spiro atoms. The Hall–Kier alpha value is -0.120. The number of hydrogen-bond donors (Lipinski definition) is 2. The van der Waals surface area contributed by atoms with Gasteiger partial charge in [-0.2, -0.15) is 0 Å². The number of hydrogen-bond acceptors (Lipinski definition) is 3. The molecule has 3 heteroatoms. The summed E-state index contributed by atoms with van der Waals surface area (Å²) in [6.07, 6.45) is 3.98. The average Bonchev–Trinajstić information content (AvgIpc) is 2.62. The van der Waals surface area contributed by atoms with Crippen molar-refractivity contribution < 1.29 is 5.11 Å². The molecule has 3 nitrogen and oxygen atoms in total. The zero-order valence-corrected chi connectivity index (χ0v) is 7.50. The molecule has 2 unspecified atom stereocenters. The Balaban J connectivity index is 1.83. The van der Waals surface area contributed by atoms with Gasteiger partial charge in [0, 0.05) is 25.2 Å². The molecule has 0 amide bonds. The monoisotopic (exact) mass is 170 g/mol. The summed E-state index contributed by atoms with van der Waals surface area (Å²) >= 11 is 0. The third-order valence-electron chi connectivity index (χ3n) is 3.12. The van der Waals surface area contributed by atoms with Crippen molar-refractivity contribution in [2.45, 2.75) is 31.3 Å². The van der Waals surface area contributed by atoms with Crippen LogP contribution in [-0.2, 0) is 0 Å². The molecule has 2 fully saturated rings. The van der Waals surface area contributed by atoms with Gasteiger partial charge in [0.1, 0.15) is 0 Å². The highest BCUT2D eigenvalue weighted by molar-refractivity contribution is 4.95. The van der Waals surface area contributed by atoms with Crippen molar-refractivity contribution in [3.8, 4) is 0 Å². The molecule has 2 N–H and O–H groups in total. The van der Waals surface area contributed by atoms with Crippen LogP contribution in [0, 0.1) is 0 Å². The number of aliphatic hydroxyl groups is 1. The van der Waals surface area contributed by atoms with Crippen molar-refractivity contribution in [1.82, 2.24) is 10.2 Å². The topological polar surface area (TPSA) is 35.5 Å². The molecule has 70 valence electrons. The first-order valence-corrected chi connectivity index (χ1v) is 5.00. The van der Waals surface area contributed by atoms with Gasteiger partial charge in [0.2, 0.25) is 0 Å². The van der Waals surface area contributed by atoms with Crippen molar-refractivity contribution in [3.05, 3.63) is 0 Å². The molecule has 0 aromatic rings. The van der Waals surface area contributed by atoms with Gasteiger partial charge in [-0.3, -0.25) is 4.90 Å². The van der Waals surface area contributed by atoms with Crippen LogP contribution in [0.1, 0.15) is 19.3 Å². The molecule has 0 bridgehead atoms. The summed E-state index contributed by atoms with van der Waals surface area (Å²) in [6.45, 7) is 3.58. The van der Waals surface area contributed by atoms with Gasteiger partial charge in [-0.05, 0) is 25.8 Å². The molecule has 2 atom stereocenters. The molecule has 2 heterocycles. The standard InChI is InChI=1S/C9H18N2O/c12-7-4-10-8-3-6-11-5-1-2-9(8)11/h8-10,12H,1-7H2. The van der Waals surface area contributed by atoms with E-state index in [1.54, 1.807) is 0 Å². The summed E-state index contributed by atoms with van der Waals surface area (Å²) in [7, 11) is 0. The van der Waals surface area contributed by atoms with Crippen LogP contribution < -0.4 is 5.32 Å². The first kappa shape index (κ1) is 8.48. The number of aliphatic hydroxyl groups excluding tert-OH is 1. The van der Waals surface area contributed by atoms with Crippen molar-refractivity contribution >= 4 is 0 Å². The molecule has 2 rings (SSSR count). The SMILES string of the molecule is OCCNC1CCN2CCCC12. The Labute approximate surface area is 73.8 Å². The Morgan fingerprint density at radius 3 is 3.08 bits per heavy atom. The maximum Gasteiger partial charge on any atom is 0.0556 e. The third kappa shape index (κ3) is 1.49. The lowest BCUT2D eigenvalue weighted by Crippen LogP contribution is -2.40. The molecule has 0 aromatic carbocycles. The molecule has 2 aliphatic heterocycles. The van der Waals surface area contributed by atoms with Gasteiger partial charge in [-0.15, -0.1) is 0 Å². The van der Waals surface area contributed by atoms with E-state index in [4.69, 9.17) is 5.11 Å². The van der Waals surface area contributed by atoms with Crippen molar-refractivity contribution in [2.24, 2.45) is 0 Å². The molecule has 2 aliphatic rings. The summed E-state index contributed by atoms with van der Waals surface area (Å²) < 4.78 is 0. The Bertz CT molecular complexity index is 151. The summed E-state index contributed by atoms with van der Waals surface area (Å²) in [4.78, 5) is 2.58. The van der Waals surface area contributed by atoms with E-state index >= 15 is 0 Å². The van der Waals surface area contributed by atoms with E-state index in [-0.39, 0.29) is 6.61 Å². The molecule has 0 saturated carbocycles. The molecular formula is C9H18N2O. The second-order valence-electron chi connectivity index (χ2n) is 3.82. The quantitative estimate of drug-likeness (QED) is 0.616. The van der Waals surface area contributed by atoms with E-state index in [1.807, 2.05) is 0 Å². The highest BCUT2D eigenvalue weighted by atomic mass is 16.3. The van der Waals surface area contributed by atoms with Gasteiger partial charge >= 0.3 is 0 Å². The molecular weight excluding hydrogens is 152 g/mol. The fourth-order valence-electron chi connectivity index (χ4n) is 2.57. The van der Waals surface area contributed by atoms with Crippen LogP contribution in [0.25, 0.3) is 0 Å². The Morgan fingerprint density at radius 1 is 1.33 bits per heavy atom. The highest BCUT2D eigenvalue weighted by Crippen LogP contribution is 2.27. The summed E-state index contributed by atoms with van der Waals surface area (Å²) in [5, 5.41) is 12.1. The van der Waals surface area contributed by atoms with Gasteiger partial charge in [-0.1, -0.05) is 0 Å². The Kier molecular flexibility index (Phi) is 2.63. The zero-order chi connectivity index (χ0) is 8.39. The maximum absolute atomic E-state index is 8.69. The molecule has 0 radical (unpaired) electrons. The van der Waals surface area contributed by atoms with Gasteiger partial charge in [0.25, 0.3) is 0 Å². The van der Waals surface area contributed by atoms with E-state index in [2.05, 4.69) is 10.2 Å². The van der Waals surface area contributed by atoms with Crippen LogP contribution >= 0.6 is 0 Å². The van der Waals surface area contributed by atoms with Crippen LogP contribution in [0.5, 0.6) is 0 Å². The van der Waals surface area contributed by atoms with Crippen LogP contribution in [0.15, 0.2) is 0 Å². The van der Waals surface area contributed by atoms with Gasteiger partial charge in [-0.25, -0.2) is 0 Å². The Morgan fingerprint density at radius 2 is 2.25 bits per heavy atom. The normalized spacial score (nSPS) is 35.8. The number of rotatable bonds is 3. The maximum atomic E-state index is 8.69. The van der Waals surface area contributed by atoms with Crippen molar-refractivity contribution in [1.29, 1.82) is 0 Å². The molecule has 0 aliphatic carbocycles. The minimum absolute atomic E-state index is 0.267. The number of fused-ring (bicyclic) bond motifs is 1. The number of nitrogens with one attached hydrogen (secondary N) is 1. The van der Waals surface area contributed by atoms with Crippen LogP contribution in [-0.4, -0.2) is 48.3 Å². The molecule has 2 saturated heterocycles. The first-order chi connectivity index (χ1) is 5.92. The molecule has 0 aromatic heterocycles. The van der Waals surface area contributed by atoms with Crippen molar-refractivity contribution in [3.63, 3.8) is 0 Å². The van der Waals surface area contributed by atoms with E-state index < -0.39 is 0 Å². The lowest BCUT2D eigenvalue weighted by molar-refractivity contribution is 0.264. The van der Waals surface area contributed by atoms with Gasteiger partial charge in [0.05, 0.1) is 6.61 Å². The average molecular weight is 170 g/mol. The highest BCUT2D eigenvalue weighted by Gasteiger charge is 2.36. The summed E-state index contributed by atoms with van der Waals surface area (Å²) in [5.74, 6) is 0. The smallest absolute Gasteiger partial charge is 0.0556 e. The minimum atomic E-state index is 0.267. The summed E-state index contributed by atoms with van der Waals surface area (Å²) in [5.41, 5.74) is 0. The minimum Gasteiger partial charge on any atom is -0.395 e. The largest absolute Gasteiger partial charge is 0.395 e. The first-order valence-electron chi connectivity index (χ1n) is 5.00. The fourth-order valence-corrected chi connectivity index (χ4v) is 2.57. The van der Waals surface area contributed by atoms with Crippen LogP contribution in [0.2, 0.25) is 0 Å². The van der Waals surface area contributed by atoms with E-state index in [1.165, 1.54) is 32.4 Å². The second-order valence-corrected chi connectivity index (χ2v) is 3.82. The lowest BCUT2D eigenvalue weighted by Gasteiger charge is -2.20. The van der Waals surface area contributed by atoms with Crippen molar-refractivity contribution in [2.75, 3.05) is 26.2 Å². The predicted octanol–water partition coefficient (Wildman–Crippen LogP) is -0.195. The fraction of sp³-hybridized carbons (Fsp3) is 1.00. The summed E-state index contributed by atoms with van der Waals surface area (Å²) in [6, 6.07) is 1.43. The van der Waals surface area contributed by atoms with E-state index in [9.17, 15) is 0 Å². The van der Waals surface area contributed by atoms with Crippen LogP contribution in [0.3, 0.4) is 0 Å². The second kappa shape index (κ2) is 3.73. The predicted molar refractivity (Wildman–Crippen MR) is 48.1 cm³/mol. The van der Waals surface area contributed by atoms with E-state index in [0.29, 0.717) is 6.04 Å². The number of nitrogens with zero attached hydrogens (tertiary/aromatic N) is 1. The van der Waals surface area contributed by atoms with Gasteiger partial charge in [0.15, 0.2) is 0 Å². The zero-order valence-electron chi connectivity index (χ0n) is 7.50. The van der Waals surface area contributed by atoms with Gasteiger partial charge < -0.3 is 10.4 Å². The van der Waals surface area contributed by atoms with Crippen LogP contribution in [0.4, 0.5) is 0 Å². The third-order valence-corrected chi connectivity index (χ3v) is 3.12.